The van der Waals surface area contributed by atoms with Gasteiger partial charge in [-0.3, -0.25) is 4.79 Å². The number of carbonyl (C=O) groups is 1. The van der Waals surface area contributed by atoms with Crippen molar-refractivity contribution >= 4 is 51.2 Å². The Balaban J connectivity index is 0.000000494. The van der Waals surface area contributed by atoms with Crippen molar-refractivity contribution in [3.05, 3.63) is 29.8 Å². The molecule has 0 saturated heterocycles. The number of carboxylic acid groups (broad SMARTS) is 1. The molecule has 0 aliphatic carbocycles. The molecular weight excluding hydrogens is 462 g/mol. The van der Waals surface area contributed by atoms with Crippen molar-refractivity contribution < 1.29 is 15.2 Å². The quantitative estimate of drug-likeness (QED) is 0.588. The number of nitrogens with two attached hydrogens (primary N) is 1. The molecule has 1 aromatic rings. The van der Waals surface area contributed by atoms with E-state index >= 15 is 0 Å². The van der Waals surface area contributed by atoms with E-state index in [2.05, 4.69) is 19.2 Å². The molecule has 1 aromatic heterocycles. The van der Waals surface area contributed by atoms with Gasteiger partial charge in [0, 0.05) is 12.4 Å². The lowest BCUT2D eigenvalue weighted by Gasteiger charge is -2.07. The monoisotopic (exact) mass is 478 g/mol. The predicted molar refractivity (Wildman–Crippen MR) is 84.2 cm³/mol. The Bertz CT molecular complexity index is 418. The number of halogens is 2. The number of carbonyl (C=O) groups excluding carboxylic acids is 1. The van der Waals surface area contributed by atoms with Crippen molar-refractivity contribution in [1.82, 2.24) is 4.57 Å². The normalized spacial score (nSPS) is 9.56. The number of rotatable bonds is 4. The number of nitrogens with zero attached hydrogens (tertiary/aromatic N) is 1. The van der Waals surface area contributed by atoms with Crippen molar-refractivity contribution in [3.8, 4) is 0 Å². The highest BCUT2D eigenvalue weighted by molar-refractivity contribution is 14.1. The number of quaternary nitrogens is 1. The number of hydrogen-bond acceptors (Lipinski definition) is 3. The van der Waals surface area contributed by atoms with Crippen molar-refractivity contribution in [3.63, 3.8) is 0 Å². The number of pyridine rings is 1. The third-order valence-electron chi connectivity index (χ3n) is 1.88. The van der Waals surface area contributed by atoms with Crippen molar-refractivity contribution in [2.45, 2.75) is 20.4 Å². The van der Waals surface area contributed by atoms with Crippen molar-refractivity contribution in [2.75, 3.05) is 13.1 Å². The third kappa shape index (κ3) is 7.31. The maximum absolute atomic E-state index is 11.2. The van der Waals surface area contributed by atoms with Crippen LogP contribution in [0.5, 0.6) is 0 Å². The molecule has 7 heteroatoms. The minimum Gasteiger partial charge on any atom is -0.548 e. The van der Waals surface area contributed by atoms with Gasteiger partial charge in [0.25, 0.3) is 0 Å². The molecule has 0 aliphatic heterocycles. The molecule has 18 heavy (non-hydrogen) atoms. The third-order valence-corrected chi connectivity index (χ3v) is 3.42. The van der Waals surface area contributed by atoms with Gasteiger partial charge in [-0.1, -0.05) is 0 Å². The molecule has 102 valence electrons. The summed E-state index contributed by atoms with van der Waals surface area (Å²) in [5.74, 6) is -1.17. The van der Waals surface area contributed by atoms with Gasteiger partial charge in [0.15, 0.2) is 0 Å². The first-order valence-corrected chi connectivity index (χ1v) is 7.64. The van der Waals surface area contributed by atoms with E-state index in [1.807, 2.05) is 45.2 Å². The standard InChI is InChI=1S/C7H5I2NO3.C4H11N/c8-4-1-10(3-6(11)12)2-5(9)7(4)13;1-3-5-4-2/h1-2H,3H2,(H,11,12);5H,3-4H2,1-2H3. The minimum atomic E-state index is -1.17. The Morgan fingerprint density at radius 2 is 1.72 bits per heavy atom. The lowest BCUT2D eigenvalue weighted by atomic mass is 10.4. The van der Waals surface area contributed by atoms with E-state index in [-0.39, 0.29) is 12.0 Å². The highest BCUT2D eigenvalue weighted by Crippen LogP contribution is 2.03. The van der Waals surface area contributed by atoms with E-state index in [0.29, 0.717) is 7.14 Å². The molecule has 0 fully saturated rings. The van der Waals surface area contributed by atoms with E-state index in [1.54, 1.807) is 0 Å². The highest BCUT2D eigenvalue weighted by Gasteiger charge is 2.02. The van der Waals surface area contributed by atoms with Gasteiger partial charge in [0.2, 0.25) is 5.43 Å². The minimum absolute atomic E-state index is 0.0733. The van der Waals surface area contributed by atoms with Crippen LogP contribution in [0.15, 0.2) is 17.2 Å². The maximum atomic E-state index is 11.2. The fraction of sp³-hybridized carbons (Fsp3) is 0.455. The summed E-state index contributed by atoms with van der Waals surface area (Å²) in [6, 6.07) is 0. The van der Waals surface area contributed by atoms with Crippen LogP contribution < -0.4 is 15.9 Å². The summed E-state index contributed by atoms with van der Waals surface area (Å²) in [5.41, 5.74) is -0.0733. The number of carboxylic acids is 1. The van der Waals surface area contributed by atoms with Crippen LogP contribution in [0.1, 0.15) is 13.8 Å². The topological polar surface area (TPSA) is 78.7 Å². The van der Waals surface area contributed by atoms with E-state index in [4.69, 9.17) is 0 Å². The van der Waals surface area contributed by atoms with Gasteiger partial charge in [-0.2, -0.15) is 0 Å². The van der Waals surface area contributed by atoms with E-state index < -0.39 is 5.97 Å². The van der Waals surface area contributed by atoms with Gasteiger partial charge < -0.3 is 19.8 Å². The molecule has 0 spiro atoms. The van der Waals surface area contributed by atoms with Gasteiger partial charge in [-0.15, -0.1) is 0 Å². The summed E-state index contributed by atoms with van der Waals surface area (Å²) >= 11 is 3.74. The van der Waals surface area contributed by atoms with Crippen LogP contribution in [0.25, 0.3) is 0 Å². The molecule has 0 bridgehead atoms. The summed E-state index contributed by atoms with van der Waals surface area (Å²) in [6.45, 7) is 6.52. The van der Waals surface area contributed by atoms with Crippen LogP contribution >= 0.6 is 45.2 Å². The lowest BCUT2D eigenvalue weighted by Crippen LogP contribution is -2.82. The van der Waals surface area contributed by atoms with Gasteiger partial charge in [-0.25, -0.2) is 0 Å². The molecule has 1 rings (SSSR count). The summed E-state index contributed by atoms with van der Waals surface area (Å²) in [5, 5.41) is 12.5. The van der Waals surface area contributed by atoms with Crippen molar-refractivity contribution in [2.24, 2.45) is 0 Å². The fourth-order valence-electron chi connectivity index (χ4n) is 1.09. The van der Waals surface area contributed by atoms with Crippen LogP contribution in [0.3, 0.4) is 0 Å². The molecule has 0 radical (unpaired) electrons. The second-order valence-corrected chi connectivity index (χ2v) is 5.76. The molecule has 1 heterocycles. The summed E-state index contributed by atoms with van der Waals surface area (Å²) < 4.78 is 2.43. The molecule has 5 nitrogen and oxygen atoms in total. The Hall–Kier alpha value is -0.160. The number of aromatic nitrogens is 1. The summed E-state index contributed by atoms with van der Waals surface area (Å²) in [6.07, 6.45) is 2.97. The zero-order chi connectivity index (χ0) is 14.1. The van der Waals surface area contributed by atoms with Gasteiger partial charge in [0.05, 0.1) is 32.7 Å². The van der Waals surface area contributed by atoms with Crippen LogP contribution in [0.2, 0.25) is 0 Å². The molecule has 0 amide bonds. The SMILES string of the molecule is CC[NH2+]CC.O=C([O-])Cn1cc(I)c(=O)c(I)c1. The Labute approximate surface area is 133 Å². The first-order chi connectivity index (χ1) is 8.42. The number of aliphatic carboxylic acids is 1. The van der Waals surface area contributed by atoms with Crippen LogP contribution in [0, 0.1) is 7.14 Å². The average molecular weight is 478 g/mol. The first-order valence-electron chi connectivity index (χ1n) is 5.48. The van der Waals surface area contributed by atoms with Crippen LogP contribution in [-0.4, -0.2) is 23.6 Å². The molecule has 0 atom stereocenters. The second kappa shape index (κ2) is 9.73. The number of hydrogen-bond donors (Lipinski definition) is 1. The summed E-state index contributed by atoms with van der Waals surface area (Å²) in [4.78, 5) is 21.5. The molecule has 0 unspecified atom stereocenters. The Morgan fingerprint density at radius 3 is 2.00 bits per heavy atom. The predicted octanol–water partition coefficient (Wildman–Crippen LogP) is -0.603. The van der Waals surface area contributed by atoms with E-state index in [1.165, 1.54) is 30.1 Å². The van der Waals surface area contributed by atoms with E-state index in [0.717, 1.165) is 0 Å². The lowest BCUT2D eigenvalue weighted by molar-refractivity contribution is -0.648. The first kappa shape index (κ1) is 17.8. The Morgan fingerprint density at radius 1 is 1.28 bits per heavy atom. The van der Waals surface area contributed by atoms with Crippen LogP contribution in [-0.2, 0) is 11.3 Å². The smallest absolute Gasteiger partial charge is 0.208 e. The van der Waals surface area contributed by atoms with Crippen molar-refractivity contribution in [1.29, 1.82) is 0 Å². The van der Waals surface area contributed by atoms with Gasteiger partial charge in [-0.05, 0) is 59.0 Å². The van der Waals surface area contributed by atoms with Gasteiger partial charge >= 0.3 is 0 Å². The molecule has 0 aromatic carbocycles. The Kier molecular flexibility index (Phi) is 9.64. The zero-order valence-corrected chi connectivity index (χ0v) is 14.6. The largest absolute Gasteiger partial charge is 0.548 e. The maximum Gasteiger partial charge on any atom is 0.208 e. The molecule has 0 saturated carbocycles. The zero-order valence-electron chi connectivity index (χ0n) is 10.3. The van der Waals surface area contributed by atoms with E-state index in [9.17, 15) is 14.7 Å². The fourth-order valence-corrected chi connectivity index (χ4v) is 2.90. The van der Waals surface area contributed by atoms with Crippen LogP contribution in [0.4, 0.5) is 0 Å². The second-order valence-electron chi connectivity index (χ2n) is 3.43. The molecule has 2 N–H and O–H groups in total. The highest BCUT2D eigenvalue weighted by atomic mass is 127. The van der Waals surface area contributed by atoms with Gasteiger partial charge in [0.1, 0.15) is 0 Å². The molecular formula is C11H16I2N2O3. The average Bonchev–Trinajstić information content (AvgIpc) is 2.27. The summed E-state index contributed by atoms with van der Waals surface area (Å²) in [7, 11) is 0. The molecule has 0 aliphatic rings.